The van der Waals surface area contributed by atoms with Crippen molar-refractivity contribution in [1.29, 1.82) is 0 Å². The molecule has 1 aromatic carbocycles. The third-order valence-electron chi connectivity index (χ3n) is 4.19. The summed E-state index contributed by atoms with van der Waals surface area (Å²) in [6.07, 6.45) is 1.89. The van der Waals surface area contributed by atoms with E-state index in [-0.39, 0.29) is 17.3 Å². The van der Waals surface area contributed by atoms with E-state index in [1.807, 2.05) is 12.1 Å². The summed E-state index contributed by atoms with van der Waals surface area (Å²) >= 11 is 0. The number of nitrogens with one attached hydrogen (secondary N) is 1. The Bertz CT molecular complexity index is 421. The van der Waals surface area contributed by atoms with Crippen molar-refractivity contribution >= 4 is 0 Å². The molecule has 1 N–H and O–H groups in total. The highest BCUT2D eigenvalue weighted by Crippen LogP contribution is 2.38. The Morgan fingerprint density at radius 1 is 1.42 bits per heavy atom. The van der Waals surface area contributed by atoms with Crippen molar-refractivity contribution in [2.75, 3.05) is 13.2 Å². The highest BCUT2D eigenvalue weighted by Gasteiger charge is 2.41. The molecule has 2 rings (SSSR count). The van der Waals surface area contributed by atoms with Crippen LogP contribution in [0.15, 0.2) is 24.3 Å². The lowest BCUT2D eigenvalue weighted by atomic mass is 9.76. The Labute approximate surface area is 115 Å². The lowest BCUT2D eigenvalue weighted by Crippen LogP contribution is -2.43. The molecule has 0 spiro atoms. The van der Waals surface area contributed by atoms with Crippen molar-refractivity contribution in [3.8, 4) is 0 Å². The molecule has 1 saturated heterocycles. The van der Waals surface area contributed by atoms with Gasteiger partial charge in [-0.3, -0.25) is 0 Å². The van der Waals surface area contributed by atoms with Crippen LogP contribution in [0, 0.1) is 11.2 Å². The van der Waals surface area contributed by atoms with E-state index >= 15 is 0 Å². The van der Waals surface area contributed by atoms with E-state index < -0.39 is 0 Å². The molecular formula is C16H24FNO. The standard InChI is InChI=1S/C16H24FNO/c1-12(2)18-11-16(8-9-19-13(16)3)10-14-6-4-5-7-15(14)17/h4-7,12-13,18H,8-11H2,1-3H3. The number of ether oxygens (including phenoxy) is 1. The van der Waals surface area contributed by atoms with Crippen LogP contribution in [-0.2, 0) is 11.2 Å². The van der Waals surface area contributed by atoms with Crippen molar-refractivity contribution in [3.63, 3.8) is 0 Å². The van der Waals surface area contributed by atoms with Gasteiger partial charge in [0.05, 0.1) is 6.10 Å². The molecule has 1 fully saturated rings. The Balaban J connectivity index is 2.17. The monoisotopic (exact) mass is 265 g/mol. The second-order valence-corrected chi connectivity index (χ2v) is 5.93. The fourth-order valence-corrected chi connectivity index (χ4v) is 2.77. The van der Waals surface area contributed by atoms with Crippen molar-refractivity contribution in [3.05, 3.63) is 35.6 Å². The van der Waals surface area contributed by atoms with Crippen molar-refractivity contribution < 1.29 is 9.13 Å². The topological polar surface area (TPSA) is 21.3 Å². The average Bonchev–Trinajstić information content (AvgIpc) is 2.72. The van der Waals surface area contributed by atoms with E-state index in [4.69, 9.17) is 4.74 Å². The van der Waals surface area contributed by atoms with Gasteiger partial charge in [0.25, 0.3) is 0 Å². The lowest BCUT2D eigenvalue weighted by Gasteiger charge is -2.33. The smallest absolute Gasteiger partial charge is 0.126 e. The van der Waals surface area contributed by atoms with Crippen LogP contribution in [0.1, 0.15) is 32.8 Å². The predicted octanol–water partition coefficient (Wildman–Crippen LogP) is 3.16. The molecule has 106 valence electrons. The molecule has 1 aliphatic heterocycles. The van der Waals surface area contributed by atoms with Crippen molar-refractivity contribution in [2.24, 2.45) is 5.41 Å². The maximum absolute atomic E-state index is 13.9. The zero-order chi connectivity index (χ0) is 13.9. The first-order chi connectivity index (χ1) is 9.03. The van der Waals surface area contributed by atoms with Gasteiger partial charge in [-0.2, -0.15) is 0 Å². The number of hydrogen-bond acceptors (Lipinski definition) is 2. The molecular weight excluding hydrogens is 241 g/mol. The van der Waals surface area contributed by atoms with Gasteiger partial charge in [0.2, 0.25) is 0 Å². The van der Waals surface area contributed by atoms with E-state index in [0.717, 1.165) is 31.6 Å². The summed E-state index contributed by atoms with van der Waals surface area (Å²) in [6.45, 7) is 8.03. The Hall–Kier alpha value is -0.930. The van der Waals surface area contributed by atoms with Gasteiger partial charge in [-0.15, -0.1) is 0 Å². The first-order valence-corrected chi connectivity index (χ1v) is 7.12. The molecule has 0 aliphatic carbocycles. The second-order valence-electron chi connectivity index (χ2n) is 5.93. The van der Waals surface area contributed by atoms with Crippen LogP contribution in [0.3, 0.4) is 0 Å². The molecule has 2 atom stereocenters. The molecule has 3 heteroatoms. The minimum atomic E-state index is -0.106. The molecule has 19 heavy (non-hydrogen) atoms. The van der Waals surface area contributed by atoms with Gasteiger partial charge in [-0.1, -0.05) is 32.0 Å². The summed E-state index contributed by atoms with van der Waals surface area (Å²) in [5.41, 5.74) is 0.803. The van der Waals surface area contributed by atoms with Gasteiger partial charge in [-0.05, 0) is 31.4 Å². The fraction of sp³-hybridized carbons (Fsp3) is 0.625. The SMILES string of the molecule is CC(C)NCC1(Cc2ccccc2F)CCOC1C. The van der Waals surface area contributed by atoms with Gasteiger partial charge in [-0.25, -0.2) is 4.39 Å². The quantitative estimate of drug-likeness (QED) is 0.883. The fourth-order valence-electron chi connectivity index (χ4n) is 2.77. The van der Waals surface area contributed by atoms with Gasteiger partial charge < -0.3 is 10.1 Å². The number of rotatable bonds is 5. The summed E-state index contributed by atoms with van der Waals surface area (Å²) in [5, 5.41) is 3.50. The predicted molar refractivity (Wildman–Crippen MR) is 75.7 cm³/mol. The Morgan fingerprint density at radius 2 is 2.16 bits per heavy atom. The van der Waals surface area contributed by atoms with E-state index in [9.17, 15) is 4.39 Å². The minimum absolute atomic E-state index is 0.00641. The van der Waals surface area contributed by atoms with Crippen LogP contribution in [0.2, 0.25) is 0 Å². The van der Waals surface area contributed by atoms with Crippen LogP contribution < -0.4 is 5.32 Å². The van der Waals surface area contributed by atoms with Crippen LogP contribution in [0.4, 0.5) is 4.39 Å². The maximum atomic E-state index is 13.9. The van der Waals surface area contributed by atoms with Crippen LogP contribution in [0.5, 0.6) is 0 Å². The van der Waals surface area contributed by atoms with Crippen molar-refractivity contribution in [1.82, 2.24) is 5.32 Å². The summed E-state index contributed by atoms with van der Waals surface area (Å²) in [5.74, 6) is -0.106. The molecule has 0 radical (unpaired) electrons. The largest absolute Gasteiger partial charge is 0.378 e. The number of benzene rings is 1. The third-order valence-corrected chi connectivity index (χ3v) is 4.19. The highest BCUT2D eigenvalue weighted by atomic mass is 19.1. The Morgan fingerprint density at radius 3 is 2.74 bits per heavy atom. The van der Waals surface area contributed by atoms with Gasteiger partial charge >= 0.3 is 0 Å². The summed E-state index contributed by atoms with van der Waals surface area (Å²) in [4.78, 5) is 0. The zero-order valence-electron chi connectivity index (χ0n) is 12.1. The van der Waals surface area contributed by atoms with Gasteiger partial charge in [0, 0.05) is 24.6 Å². The maximum Gasteiger partial charge on any atom is 0.126 e. The van der Waals surface area contributed by atoms with Gasteiger partial charge in [0.1, 0.15) is 5.82 Å². The molecule has 0 bridgehead atoms. The van der Waals surface area contributed by atoms with E-state index in [0.29, 0.717) is 6.04 Å². The van der Waals surface area contributed by atoms with Crippen LogP contribution in [0.25, 0.3) is 0 Å². The molecule has 2 nitrogen and oxygen atoms in total. The van der Waals surface area contributed by atoms with E-state index in [1.165, 1.54) is 0 Å². The molecule has 0 aromatic heterocycles. The summed E-state index contributed by atoms with van der Waals surface area (Å²) in [6, 6.07) is 7.51. The molecule has 1 aliphatic rings. The lowest BCUT2D eigenvalue weighted by molar-refractivity contribution is 0.0617. The molecule has 2 unspecified atom stereocenters. The molecule has 1 aromatic rings. The first kappa shape index (κ1) is 14.5. The first-order valence-electron chi connectivity index (χ1n) is 7.12. The van der Waals surface area contributed by atoms with Crippen LogP contribution in [-0.4, -0.2) is 25.3 Å². The van der Waals surface area contributed by atoms with Gasteiger partial charge in [0.15, 0.2) is 0 Å². The van der Waals surface area contributed by atoms with Crippen LogP contribution >= 0.6 is 0 Å². The number of hydrogen-bond donors (Lipinski definition) is 1. The summed E-state index contributed by atoms with van der Waals surface area (Å²) < 4.78 is 19.6. The van der Waals surface area contributed by atoms with E-state index in [2.05, 4.69) is 26.1 Å². The third kappa shape index (κ3) is 3.34. The molecule has 1 heterocycles. The van der Waals surface area contributed by atoms with E-state index in [1.54, 1.807) is 12.1 Å². The Kier molecular flexibility index (Phi) is 4.58. The molecule has 0 amide bonds. The second kappa shape index (κ2) is 6.02. The average molecular weight is 265 g/mol. The minimum Gasteiger partial charge on any atom is -0.378 e. The normalized spacial score (nSPS) is 27.1. The number of halogens is 1. The summed E-state index contributed by atoms with van der Waals surface area (Å²) in [7, 11) is 0. The molecule has 0 saturated carbocycles. The highest BCUT2D eigenvalue weighted by molar-refractivity contribution is 5.20. The zero-order valence-corrected chi connectivity index (χ0v) is 12.1. The van der Waals surface area contributed by atoms with Crippen molar-refractivity contribution in [2.45, 2.75) is 45.8 Å².